The molecule has 1 aromatic rings. The van der Waals surface area contributed by atoms with E-state index in [0.29, 0.717) is 0 Å². The van der Waals surface area contributed by atoms with Crippen LogP contribution < -0.4 is 0 Å². The molecule has 0 bridgehead atoms. The van der Waals surface area contributed by atoms with Gasteiger partial charge in [0.25, 0.3) is 0 Å². The van der Waals surface area contributed by atoms with Crippen LogP contribution >= 0.6 is 0 Å². The molecular weight excluding hydrogens is 260 g/mol. The van der Waals surface area contributed by atoms with E-state index >= 15 is 0 Å². The number of piperazine rings is 1. The molecule has 1 aliphatic carbocycles. The highest BCUT2D eigenvalue weighted by Gasteiger charge is 2.27. The summed E-state index contributed by atoms with van der Waals surface area (Å²) in [5.74, 6) is 0.984. The lowest BCUT2D eigenvalue weighted by Gasteiger charge is -2.35. The fourth-order valence-corrected chi connectivity index (χ4v) is 3.36. The predicted octanol–water partition coefficient (Wildman–Crippen LogP) is 2.36. The van der Waals surface area contributed by atoms with E-state index in [1.54, 1.807) is 0 Å². The number of aliphatic hydroxyl groups is 1. The van der Waals surface area contributed by atoms with Crippen LogP contribution in [0.15, 0.2) is 18.2 Å². The molecule has 1 unspecified atom stereocenters. The summed E-state index contributed by atoms with van der Waals surface area (Å²) in [6.45, 7) is 10.8. The zero-order valence-electron chi connectivity index (χ0n) is 13.4. The number of benzene rings is 1. The van der Waals surface area contributed by atoms with Gasteiger partial charge in [-0.25, -0.2) is 0 Å². The molecular formula is C18H28N2O. The molecule has 1 aromatic carbocycles. The first-order valence-corrected chi connectivity index (χ1v) is 8.32. The topological polar surface area (TPSA) is 26.7 Å². The van der Waals surface area contributed by atoms with Gasteiger partial charge in [0, 0.05) is 39.3 Å². The third-order valence-corrected chi connectivity index (χ3v) is 4.89. The van der Waals surface area contributed by atoms with Gasteiger partial charge in [0.15, 0.2) is 0 Å². The van der Waals surface area contributed by atoms with Crippen molar-refractivity contribution in [2.45, 2.75) is 32.8 Å². The van der Waals surface area contributed by atoms with Crippen LogP contribution in [0.25, 0.3) is 0 Å². The van der Waals surface area contributed by atoms with Crippen molar-refractivity contribution in [2.75, 3.05) is 39.3 Å². The number of rotatable bonds is 5. The molecule has 1 heterocycles. The van der Waals surface area contributed by atoms with E-state index in [0.717, 1.165) is 44.2 Å². The quantitative estimate of drug-likeness (QED) is 0.901. The lowest BCUT2D eigenvalue weighted by molar-refractivity contribution is 0.0708. The number of β-amino-alcohol motifs (C(OH)–C–C–N with tert-alkyl or cyclic N) is 1. The van der Waals surface area contributed by atoms with E-state index in [4.69, 9.17) is 0 Å². The maximum absolute atomic E-state index is 10.5. The molecule has 0 spiro atoms. The minimum atomic E-state index is -0.361. The molecule has 1 saturated heterocycles. The summed E-state index contributed by atoms with van der Waals surface area (Å²) in [4.78, 5) is 5.00. The Hall–Kier alpha value is -0.900. The van der Waals surface area contributed by atoms with Crippen LogP contribution in [0.2, 0.25) is 0 Å². The molecule has 0 radical (unpaired) electrons. The van der Waals surface area contributed by atoms with Gasteiger partial charge < -0.3 is 10.0 Å². The van der Waals surface area contributed by atoms with Gasteiger partial charge in [-0.2, -0.15) is 0 Å². The highest BCUT2D eigenvalue weighted by atomic mass is 16.3. The van der Waals surface area contributed by atoms with Crippen LogP contribution in [-0.4, -0.2) is 54.2 Å². The van der Waals surface area contributed by atoms with Crippen LogP contribution in [0.4, 0.5) is 0 Å². The third kappa shape index (κ3) is 4.06. The van der Waals surface area contributed by atoms with Crippen LogP contribution in [0.5, 0.6) is 0 Å². The fraction of sp³-hybridized carbons (Fsp3) is 0.667. The Morgan fingerprint density at radius 2 is 1.76 bits per heavy atom. The fourth-order valence-electron chi connectivity index (χ4n) is 3.36. The van der Waals surface area contributed by atoms with Crippen molar-refractivity contribution < 1.29 is 5.11 Å². The molecule has 116 valence electrons. The van der Waals surface area contributed by atoms with E-state index in [1.807, 2.05) is 0 Å². The second-order valence-corrected chi connectivity index (χ2v) is 6.92. The van der Waals surface area contributed by atoms with E-state index in [1.165, 1.54) is 30.5 Å². The first-order valence-electron chi connectivity index (χ1n) is 8.32. The largest absolute Gasteiger partial charge is 0.387 e. The Morgan fingerprint density at radius 3 is 2.38 bits per heavy atom. The predicted molar refractivity (Wildman–Crippen MR) is 86.5 cm³/mol. The molecule has 3 nitrogen and oxygen atoms in total. The van der Waals surface area contributed by atoms with E-state index in [2.05, 4.69) is 41.8 Å². The number of aryl methyl sites for hydroxylation is 2. The van der Waals surface area contributed by atoms with Crippen molar-refractivity contribution in [3.05, 3.63) is 34.9 Å². The molecule has 2 fully saturated rings. The summed E-state index contributed by atoms with van der Waals surface area (Å²) >= 11 is 0. The summed E-state index contributed by atoms with van der Waals surface area (Å²) < 4.78 is 0. The highest BCUT2D eigenvalue weighted by Crippen LogP contribution is 2.30. The SMILES string of the molecule is Cc1ccc(C(O)CN2CCN(CC3CC3)CC2)c(C)c1. The summed E-state index contributed by atoms with van der Waals surface area (Å²) in [5, 5.41) is 10.5. The number of hydrogen-bond acceptors (Lipinski definition) is 3. The van der Waals surface area contributed by atoms with Crippen LogP contribution in [-0.2, 0) is 0 Å². The zero-order chi connectivity index (χ0) is 14.8. The Labute approximate surface area is 128 Å². The molecule has 0 amide bonds. The van der Waals surface area contributed by atoms with Gasteiger partial charge in [-0.1, -0.05) is 23.8 Å². The third-order valence-electron chi connectivity index (χ3n) is 4.89. The molecule has 1 aliphatic heterocycles. The zero-order valence-corrected chi connectivity index (χ0v) is 13.4. The summed E-state index contributed by atoms with van der Waals surface area (Å²) in [6.07, 6.45) is 2.51. The molecule has 2 aliphatic rings. The van der Waals surface area contributed by atoms with Crippen LogP contribution in [0.3, 0.4) is 0 Å². The smallest absolute Gasteiger partial charge is 0.0919 e. The minimum absolute atomic E-state index is 0.361. The normalized spacial score (nSPS) is 22.4. The van der Waals surface area contributed by atoms with Gasteiger partial charge in [0.2, 0.25) is 0 Å². The van der Waals surface area contributed by atoms with Gasteiger partial charge >= 0.3 is 0 Å². The van der Waals surface area contributed by atoms with Gasteiger partial charge in [0.1, 0.15) is 0 Å². The Kier molecular flexibility index (Phi) is 4.63. The van der Waals surface area contributed by atoms with E-state index in [-0.39, 0.29) is 6.10 Å². The van der Waals surface area contributed by atoms with Gasteiger partial charge in [-0.15, -0.1) is 0 Å². The van der Waals surface area contributed by atoms with E-state index in [9.17, 15) is 5.11 Å². The lowest BCUT2D eigenvalue weighted by Crippen LogP contribution is -2.48. The average molecular weight is 288 g/mol. The maximum Gasteiger partial charge on any atom is 0.0919 e. The molecule has 1 saturated carbocycles. The molecule has 3 heteroatoms. The van der Waals surface area contributed by atoms with Crippen LogP contribution in [0.1, 0.15) is 35.6 Å². The Bertz CT molecular complexity index is 476. The Morgan fingerprint density at radius 1 is 1.10 bits per heavy atom. The van der Waals surface area contributed by atoms with Crippen molar-refractivity contribution in [2.24, 2.45) is 5.92 Å². The van der Waals surface area contributed by atoms with Gasteiger partial charge in [-0.3, -0.25) is 4.90 Å². The van der Waals surface area contributed by atoms with Crippen molar-refractivity contribution >= 4 is 0 Å². The lowest BCUT2D eigenvalue weighted by atomic mass is 10.0. The summed E-state index contributed by atoms with van der Waals surface area (Å²) in [7, 11) is 0. The second-order valence-electron chi connectivity index (χ2n) is 6.92. The monoisotopic (exact) mass is 288 g/mol. The molecule has 21 heavy (non-hydrogen) atoms. The summed E-state index contributed by atoms with van der Waals surface area (Å²) in [5.41, 5.74) is 3.55. The molecule has 1 atom stereocenters. The summed E-state index contributed by atoms with van der Waals surface area (Å²) in [6, 6.07) is 6.34. The molecule has 1 N–H and O–H groups in total. The maximum atomic E-state index is 10.5. The molecule has 3 rings (SSSR count). The van der Waals surface area contributed by atoms with Crippen molar-refractivity contribution in [1.29, 1.82) is 0 Å². The first-order chi connectivity index (χ1) is 10.1. The minimum Gasteiger partial charge on any atom is -0.387 e. The number of nitrogens with zero attached hydrogens (tertiary/aromatic N) is 2. The molecule has 0 aromatic heterocycles. The van der Waals surface area contributed by atoms with Gasteiger partial charge in [-0.05, 0) is 43.7 Å². The van der Waals surface area contributed by atoms with Gasteiger partial charge in [0.05, 0.1) is 6.10 Å². The highest BCUT2D eigenvalue weighted by molar-refractivity contribution is 5.32. The average Bonchev–Trinajstić information content (AvgIpc) is 3.25. The number of hydrogen-bond donors (Lipinski definition) is 1. The Balaban J connectivity index is 1.49. The van der Waals surface area contributed by atoms with Crippen LogP contribution in [0, 0.1) is 19.8 Å². The second kappa shape index (κ2) is 6.47. The van der Waals surface area contributed by atoms with Crippen molar-refractivity contribution in [1.82, 2.24) is 9.80 Å². The van der Waals surface area contributed by atoms with Crippen molar-refractivity contribution in [3.8, 4) is 0 Å². The van der Waals surface area contributed by atoms with E-state index < -0.39 is 0 Å². The van der Waals surface area contributed by atoms with Crippen molar-refractivity contribution in [3.63, 3.8) is 0 Å². The standard InChI is InChI=1S/C18H28N2O/c1-14-3-6-17(15(2)11-14)18(21)13-20-9-7-19(8-10-20)12-16-4-5-16/h3,6,11,16,18,21H,4-5,7-10,12-13H2,1-2H3. The number of aliphatic hydroxyl groups excluding tert-OH is 1. The first kappa shape index (κ1) is 15.0.